The third-order valence-electron chi connectivity index (χ3n) is 3.06. The Kier molecular flexibility index (Phi) is 3.59. The van der Waals surface area contributed by atoms with Gasteiger partial charge in [-0.3, -0.25) is 14.5 Å². The van der Waals surface area contributed by atoms with Crippen molar-refractivity contribution >= 4 is 17.8 Å². The highest BCUT2D eigenvalue weighted by atomic mass is 19.1. The molecule has 2 amide bonds. The molecule has 1 aliphatic heterocycles. The van der Waals surface area contributed by atoms with Crippen molar-refractivity contribution in [3.05, 3.63) is 35.6 Å². The van der Waals surface area contributed by atoms with Crippen LogP contribution in [0.4, 0.5) is 4.39 Å². The van der Waals surface area contributed by atoms with E-state index in [1.807, 2.05) is 0 Å². The van der Waals surface area contributed by atoms with Crippen molar-refractivity contribution < 1.29 is 23.9 Å². The van der Waals surface area contributed by atoms with E-state index in [0.717, 1.165) is 6.07 Å². The number of rotatable bonds is 2. The molecule has 1 heterocycles. The summed E-state index contributed by atoms with van der Waals surface area (Å²) in [5.41, 5.74) is -0.288. The van der Waals surface area contributed by atoms with Crippen molar-refractivity contribution in [2.24, 2.45) is 0 Å². The Hall–Kier alpha value is -2.24. The van der Waals surface area contributed by atoms with Crippen molar-refractivity contribution in [3.63, 3.8) is 0 Å². The second kappa shape index (κ2) is 5.17. The van der Waals surface area contributed by atoms with E-state index < -0.39 is 29.6 Å². The molecule has 1 atom stereocenters. The average Bonchev–Trinajstić information content (AvgIpc) is 2.38. The van der Waals surface area contributed by atoms with Gasteiger partial charge >= 0.3 is 5.97 Å². The average molecular weight is 265 g/mol. The number of carboxylic acids is 1. The van der Waals surface area contributed by atoms with Crippen LogP contribution in [0.1, 0.15) is 29.6 Å². The summed E-state index contributed by atoms with van der Waals surface area (Å²) in [6, 6.07) is 3.99. The number of imide groups is 1. The van der Waals surface area contributed by atoms with E-state index in [1.165, 1.54) is 18.2 Å². The van der Waals surface area contributed by atoms with Gasteiger partial charge in [0.05, 0.1) is 5.56 Å². The molecule has 0 aliphatic carbocycles. The first-order valence-electron chi connectivity index (χ1n) is 5.86. The molecule has 1 unspecified atom stereocenters. The molecule has 0 radical (unpaired) electrons. The number of nitrogens with zero attached hydrogens (tertiary/aromatic N) is 1. The molecule has 1 fully saturated rings. The Morgan fingerprint density at radius 2 is 2.00 bits per heavy atom. The van der Waals surface area contributed by atoms with E-state index in [2.05, 4.69) is 0 Å². The molecule has 0 aromatic heterocycles. The zero-order chi connectivity index (χ0) is 14.0. The quantitative estimate of drug-likeness (QED) is 0.821. The molecule has 19 heavy (non-hydrogen) atoms. The fourth-order valence-electron chi connectivity index (χ4n) is 2.12. The van der Waals surface area contributed by atoms with Gasteiger partial charge in [0.15, 0.2) is 0 Å². The molecule has 0 bridgehead atoms. The molecular weight excluding hydrogens is 253 g/mol. The summed E-state index contributed by atoms with van der Waals surface area (Å²) in [5.74, 6) is -3.49. The summed E-state index contributed by atoms with van der Waals surface area (Å²) in [4.78, 5) is 35.7. The number of benzene rings is 1. The Labute approximate surface area is 108 Å². The standard InChI is InChI=1S/C13H12FNO4/c14-9-5-2-1-4-8(9)12(17)15-10(13(18)19)6-3-7-11(15)16/h1-2,4-5,10H,3,6-7H2,(H,18,19). The molecule has 1 aromatic carbocycles. The fraction of sp³-hybridized carbons (Fsp3) is 0.308. The van der Waals surface area contributed by atoms with Crippen LogP contribution in [0.5, 0.6) is 0 Å². The van der Waals surface area contributed by atoms with Crippen LogP contribution in [0.3, 0.4) is 0 Å². The maximum Gasteiger partial charge on any atom is 0.326 e. The summed E-state index contributed by atoms with van der Waals surface area (Å²) in [6.07, 6.45) is 0.710. The normalized spacial score (nSPS) is 19.3. The molecule has 5 nitrogen and oxygen atoms in total. The van der Waals surface area contributed by atoms with E-state index in [4.69, 9.17) is 5.11 Å². The minimum absolute atomic E-state index is 0.101. The van der Waals surface area contributed by atoms with E-state index in [9.17, 15) is 18.8 Å². The van der Waals surface area contributed by atoms with Gasteiger partial charge in [-0.25, -0.2) is 9.18 Å². The molecule has 100 valence electrons. The van der Waals surface area contributed by atoms with Gasteiger partial charge in [-0.1, -0.05) is 12.1 Å². The van der Waals surface area contributed by atoms with Gasteiger partial charge in [0.25, 0.3) is 5.91 Å². The maximum absolute atomic E-state index is 13.5. The Morgan fingerprint density at radius 1 is 1.32 bits per heavy atom. The maximum atomic E-state index is 13.5. The van der Waals surface area contributed by atoms with Crippen LogP contribution in [0, 0.1) is 5.82 Å². The smallest absolute Gasteiger partial charge is 0.326 e. The van der Waals surface area contributed by atoms with Gasteiger partial charge in [0.1, 0.15) is 11.9 Å². The molecular formula is C13H12FNO4. The summed E-state index contributed by atoms with van der Waals surface area (Å²) < 4.78 is 13.5. The Bertz CT molecular complexity index is 543. The number of carbonyl (C=O) groups excluding carboxylic acids is 2. The largest absolute Gasteiger partial charge is 0.480 e. The molecule has 1 aromatic rings. The number of aliphatic carboxylic acids is 1. The van der Waals surface area contributed by atoms with E-state index in [1.54, 1.807) is 0 Å². The van der Waals surface area contributed by atoms with Crippen molar-refractivity contribution in [1.82, 2.24) is 4.90 Å². The number of likely N-dealkylation sites (tertiary alicyclic amines) is 1. The van der Waals surface area contributed by atoms with Crippen LogP contribution in [0.2, 0.25) is 0 Å². The Balaban J connectivity index is 2.37. The summed E-state index contributed by atoms with van der Waals surface area (Å²) in [5, 5.41) is 9.05. The minimum atomic E-state index is -1.25. The molecule has 1 N–H and O–H groups in total. The first-order valence-corrected chi connectivity index (χ1v) is 5.86. The van der Waals surface area contributed by atoms with E-state index >= 15 is 0 Å². The molecule has 2 rings (SSSR count). The third kappa shape index (κ3) is 2.47. The lowest BCUT2D eigenvalue weighted by Crippen LogP contribution is -2.51. The van der Waals surface area contributed by atoms with Crippen LogP contribution in [-0.2, 0) is 9.59 Å². The zero-order valence-electron chi connectivity index (χ0n) is 10.0. The van der Waals surface area contributed by atoms with Crippen LogP contribution >= 0.6 is 0 Å². The lowest BCUT2D eigenvalue weighted by atomic mass is 10.00. The number of hydrogen-bond acceptors (Lipinski definition) is 3. The zero-order valence-corrected chi connectivity index (χ0v) is 10.0. The number of hydrogen-bond donors (Lipinski definition) is 1. The third-order valence-corrected chi connectivity index (χ3v) is 3.06. The van der Waals surface area contributed by atoms with E-state index in [-0.39, 0.29) is 18.4 Å². The molecule has 6 heteroatoms. The van der Waals surface area contributed by atoms with Crippen molar-refractivity contribution in [2.75, 3.05) is 0 Å². The van der Waals surface area contributed by atoms with E-state index in [0.29, 0.717) is 11.3 Å². The molecule has 1 saturated heterocycles. The van der Waals surface area contributed by atoms with Crippen molar-refractivity contribution in [1.29, 1.82) is 0 Å². The predicted molar refractivity (Wildman–Crippen MR) is 62.9 cm³/mol. The number of carboxylic acid groups (broad SMARTS) is 1. The molecule has 1 aliphatic rings. The highest BCUT2D eigenvalue weighted by molar-refractivity contribution is 6.07. The van der Waals surface area contributed by atoms with Crippen LogP contribution in [0.15, 0.2) is 24.3 Å². The number of amides is 2. The molecule has 0 spiro atoms. The summed E-state index contributed by atoms with van der Waals surface area (Å²) in [6.45, 7) is 0. The summed E-state index contributed by atoms with van der Waals surface area (Å²) in [7, 11) is 0. The summed E-state index contributed by atoms with van der Waals surface area (Å²) >= 11 is 0. The van der Waals surface area contributed by atoms with Gasteiger partial charge in [-0.15, -0.1) is 0 Å². The number of piperidine rings is 1. The lowest BCUT2D eigenvalue weighted by Gasteiger charge is -2.31. The SMILES string of the molecule is O=C(O)C1CCCC(=O)N1C(=O)c1ccccc1F. The predicted octanol–water partition coefficient (Wildman–Crippen LogP) is 1.43. The number of carbonyl (C=O) groups is 3. The number of halogens is 1. The van der Waals surface area contributed by atoms with Crippen LogP contribution < -0.4 is 0 Å². The van der Waals surface area contributed by atoms with Gasteiger partial charge in [0, 0.05) is 6.42 Å². The molecule has 0 saturated carbocycles. The first kappa shape index (κ1) is 13.2. The Morgan fingerprint density at radius 3 is 2.63 bits per heavy atom. The van der Waals surface area contributed by atoms with Gasteiger partial charge < -0.3 is 5.11 Å². The highest BCUT2D eigenvalue weighted by Gasteiger charge is 2.38. The fourth-order valence-corrected chi connectivity index (χ4v) is 2.12. The minimum Gasteiger partial charge on any atom is -0.480 e. The van der Waals surface area contributed by atoms with Gasteiger partial charge in [-0.2, -0.15) is 0 Å². The highest BCUT2D eigenvalue weighted by Crippen LogP contribution is 2.22. The van der Waals surface area contributed by atoms with Crippen LogP contribution in [0.25, 0.3) is 0 Å². The second-order valence-corrected chi connectivity index (χ2v) is 4.30. The van der Waals surface area contributed by atoms with Crippen molar-refractivity contribution in [2.45, 2.75) is 25.3 Å². The van der Waals surface area contributed by atoms with Gasteiger partial charge in [-0.05, 0) is 25.0 Å². The van der Waals surface area contributed by atoms with Crippen molar-refractivity contribution in [3.8, 4) is 0 Å². The van der Waals surface area contributed by atoms with Crippen LogP contribution in [-0.4, -0.2) is 33.8 Å². The topological polar surface area (TPSA) is 74.7 Å². The monoisotopic (exact) mass is 265 g/mol. The van der Waals surface area contributed by atoms with Gasteiger partial charge in [0.2, 0.25) is 5.91 Å². The lowest BCUT2D eigenvalue weighted by molar-refractivity contribution is -0.150. The second-order valence-electron chi connectivity index (χ2n) is 4.30. The first-order chi connectivity index (χ1) is 9.02.